The summed E-state index contributed by atoms with van der Waals surface area (Å²) in [4.78, 5) is 24.9. The summed E-state index contributed by atoms with van der Waals surface area (Å²) in [7, 11) is 0. The van der Waals surface area contributed by atoms with E-state index in [4.69, 9.17) is 9.26 Å². The van der Waals surface area contributed by atoms with Gasteiger partial charge in [0, 0.05) is 11.1 Å². The highest BCUT2D eigenvalue weighted by molar-refractivity contribution is 6.02. The fraction of sp³-hybridized carbons (Fsp3) is 0.318. The van der Waals surface area contributed by atoms with Crippen LogP contribution in [-0.2, 0) is 11.2 Å². The highest BCUT2D eigenvalue weighted by atomic mass is 16.5. The summed E-state index contributed by atoms with van der Waals surface area (Å²) in [6.45, 7) is 7.72. The van der Waals surface area contributed by atoms with Crippen molar-refractivity contribution in [3.05, 3.63) is 52.7 Å². The molecule has 144 valence electrons. The molecule has 0 saturated heterocycles. The molecule has 3 aromatic rings. The minimum Gasteiger partial charge on any atom is -0.487 e. The molecule has 6 heteroatoms. The normalized spacial score (nSPS) is 15.2. The van der Waals surface area contributed by atoms with E-state index < -0.39 is 5.60 Å². The number of hydrogen-bond acceptors (Lipinski definition) is 5. The lowest BCUT2D eigenvalue weighted by molar-refractivity contribution is -0.115. The third kappa shape index (κ3) is 3.38. The Bertz CT molecular complexity index is 1110. The largest absolute Gasteiger partial charge is 0.487 e. The van der Waals surface area contributed by atoms with Gasteiger partial charge in [-0.15, -0.1) is 0 Å². The molecule has 2 aromatic carbocycles. The Balaban J connectivity index is 1.54. The number of rotatable bonds is 3. The maximum absolute atomic E-state index is 12.5. The van der Waals surface area contributed by atoms with Crippen LogP contribution in [0, 0.1) is 13.8 Å². The van der Waals surface area contributed by atoms with Crippen molar-refractivity contribution in [2.75, 3.05) is 5.32 Å². The minimum atomic E-state index is -0.515. The number of carbonyl (C=O) groups is 2. The van der Waals surface area contributed by atoms with Gasteiger partial charge in [-0.2, -0.15) is 0 Å². The van der Waals surface area contributed by atoms with E-state index in [0.29, 0.717) is 34.7 Å². The van der Waals surface area contributed by atoms with Crippen LogP contribution < -0.4 is 10.1 Å². The smallest absolute Gasteiger partial charge is 0.230 e. The average Bonchev–Trinajstić information content (AvgIpc) is 2.97. The van der Waals surface area contributed by atoms with Crippen LogP contribution in [0.4, 0.5) is 5.69 Å². The number of nitrogens with zero attached hydrogens (tertiary/aromatic N) is 1. The molecule has 6 nitrogen and oxygen atoms in total. The molecule has 2 heterocycles. The van der Waals surface area contributed by atoms with E-state index in [2.05, 4.69) is 10.5 Å². The molecule has 0 fully saturated rings. The number of ether oxygens (including phenoxy) is 1. The third-order valence-electron chi connectivity index (χ3n) is 4.84. The van der Waals surface area contributed by atoms with E-state index in [1.165, 1.54) is 0 Å². The van der Waals surface area contributed by atoms with Gasteiger partial charge in [0.1, 0.15) is 17.0 Å². The van der Waals surface area contributed by atoms with Crippen molar-refractivity contribution in [2.45, 2.75) is 46.1 Å². The first-order chi connectivity index (χ1) is 13.2. The number of fused-ring (bicyclic) bond motifs is 2. The Morgan fingerprint density at radius 2 is 2.00 bits per heavy atom. The summed E-state index contributed by atoms with van der Waals surface area (Å²) >= 11 is 0. The van der Waals surface area contributed by atoms with E-state index in [0.717, 1.165) is 16.5 Å². The summed E-state index contributed by atoms with van der Waals surface area (Å²) in [6.07, 6.45) is 0.394. The lowest BCUT2D eigenvalue weighted by Gasteiger charge is -2.31. The molecule has 4 rings (SSSR count). The molecule has 0 spiro atoms. The van der Waals surface area contributed by atoms with Crippen LogP contribution in [0.2, 0.25) is 0 Å². The van der Waals surface area contributed by atoms with Crippen molar-refractivity contribution in [3.8, 4) is 5.75 Å². The zero-order valence-corrected chi connectivity index (χ0v) is 16.4. The molecule has 1 aliphatic heterocycles. The van der Waals surface area contributed by atoms with Gasteiger partial charge >= 0.3 is 0 Å². The van der Waals surface area contributed by atoms with E-state index >= 15 is 0 Å². The van der Waals surface area contributed by atoms with Crippen LogP contribution in [-0.4, -0.2) is 22.4 Å². The highest BCUT2D eigenvalue weighted by Crippen LogP contribution is 2.34. The van der Waals surface area contributed by atoms with Crippen LogP contribution >= 0.6 is 0 Å². The predicted octanol–water partition coefficient (Wildman–Crippen LogP) is 4.37. The predicted molar refractivity (Wildman–Crippen MR) is 106 cm³/mol. The zero-order valence-electron chi connectivity index (χ0n) is 16.4. The summed E-state index contributed by atoms with van der Waals surface area (Å²) in [6, 6.07) is 9.12. The van der Waals surface area contributed by atoms with Crippen LogP contribution in [0.3, 0.4) is 0 Å². The van der Waals surface area contributed by atoms with E-state index in [1.54, 1.807) is 18.2 Å². The maximum atomic E-state index is 12.5. The summed E-state index contributed by atoms with van der Waals surface area (Å²) in [5.74, 6) is 0.335. The Labute approximate surface area is 162 Å². The minimum absolute atomic E-state index is 0.01000. The number of carbonyl (C=O) groups excluding carboxylic acids is 2. The molecule has 1 aliphatic rings. The van der Waals surface area contributed by atoms with Gasteiger partial charge in [-0.1, -0.05) is 11.2 Å². The highest BCUT2D eigenvalue weighted by Gasteiger charge is 2.32. The maximum Gasteiger partial charge on any atom is 0.230 e. The van der Waals surface area contributed by atoms with Gasteiger partial charge in [0.2, 0.25) is 5.91 Å². The number of aryl methyl sites for hydroxylation is 2. The van der Waals surface area contributed by atoms with E-state index in [1.807, 2.05) is 39.8 Å². The second-order valence-corrected chi connectivity index (χ2v) is 7.99. The molecular formula is C22H22N2O4. The molecule has 1 N–H and O–H groups in total. The Kier molecular flexibility index (Phi) is 4.22. The molecule has 28 heavy (non-hydrogen) atoms. The fourth-order valence-corrected chi connectivity index (χ4v) is 3.65. The molecule has 0 aliphatic carbocycles. The molecule has 0 saturated carbocycles. The number of Topliss-reactive ketones (excluding diaryl/α,β-unsaturated/α-hetero) is 1. The second-order valence-electron chi connectivity index (χ2n) is 7.99. The van der Waals surface area contributed by atoms with Crippen LogP contribution in [0.1, 0.15) is 47.4 Å². The van der Waals surface area contributed by atoms with Gasteiger partial charge < -0.3 is 14.6 Å². The van der Waals surface area contributed by atoms with Gasteiger partial charge in [0.25, 0.3) is 0 Å². The monoisotopic (exact) mass is 378 g/mol. The number of amides is 1. The molecule has 0 bridgehead atoms. The van der Waals surface area contributed by atoms with Crippen LogP contribution in [0.5, 0.6) is 5.75 Å². The van der Waals surface area contributed by atoms with Crippen LogP contribution in [0.15, 0.2) is 34.9 Å². The summed E-state index contributed by atoms with van der Waals surface area (Å²) < 4.78 is 11.3. The van der Waals surface area contributed by atoms with Crippen molar-refractivity contribution in [2.24, 2.45) is 0 Å². The zero-order chi connectivity index (χ0) is 20.1. The Morgan fingerprint density at radius 3 is 2.79 bits per heavy atom. The number of anilines is 1. The summed E-state index contributed by atoms with van der Waals surface area (Å²) in [5, 5.41) is 7.76. The quantitative estimate of drug-likeness (QED) is 0.732. The van der Waals surface area contributed by atoms with Gasteiger partial charge in [-0.25, -0.2) is 0 Å². The first kappa shape index (κ1) is 18.2. The van der Waals surface area contributed by atoms with Gasteiger partial charge in [0.15, 0.2) is 11.4 Å². The van der Waals surface area contributed by atoms with Crippen molar-refractivity contribution >= 4 is 28.3 Å². The first-order valence-corrected chi connectivity index (χ1v) is 9.23. The number of nitrogens with one attached hydrogen (secondary N) is 1. The van der Waals surface area contributed by atoms with Crippen molar-refractivity contribution in [3.63, 3.8) is 0 Å². The lowest BCUT2D eigenvalue weighted by atomic mass is 9.93. The average molecular weight is 378 g/mol. The lowest BCUT2D eigenvalue weighted by Crippen LogP contribution is -2.35. The topological polar surface area (TPSA) is 81.4 Å². The molecule has 1 aromatic heterocycles. The van der Waals surface area contributed by atoms with E-state index in [-0.39, 0.29) is 18.1 Å². The van der Waals surface area contributed by atoms with E-state index in [9.17, 15) is 9.59 Å². The van der Waals surface area contributed by atoms with Crippen molar-refractivity contribution in [1.82, 2.24) is 5.16 Å². The number of aromatic nitrogens is 1. The SMILES string of the molecule is Cc1cc(C)c2onc(CC(=O)Nc3ccc4c(c3)C(=O)CC(C)(C)O4)c2c1. The number of ketones is 1. The summed E-state index contributed by atoms with van der Waals surface area (Å²) in [5.41, 5.74) is 3.91. The molecule has 0 radical (unpaired) electrons. The van der Waals surface area contributed by atoms with Gasteiger partial charge in [-0.05, 0) is 63.1 Å². The molecule has 0 unspecified atom stereocenters. The van der Waals surface area contributed by atoms with Crippen LogP contribution in [0.25, 0.3) is 11.0 Å². The number of benzene rings is 2. The fourth-order valence-electron chi connectivity index (χ4n) is 3.65. The standard InChI is InChI=1S/C22H22N2O4/c1-12-7-13(2)21-15(8-12)17(24-28-21)10-20(26)23-14-5-6-19-16(9-14)18(25)11-22(3,4)27-19/h5-9H,10-11H2,1-4H3,(H,23,26). The Hall–Kier alpha value is -3.15. The first-order valence-electron chi connectivity index (χ1n) is 9.23. The van der Waals surface area contributed by atoms with Crippen molar-refractivity contribution < 1.29 is 18.8 Å². The molecular weight excluding hydrogens is 356 g/mol. The molecule has 0 atom stereocenters. The van der Waals surface area contributed by atoms with Gasteiger partial charge in [-0.3, -0.25) is 9.59 Å². The molecule has 1 amide bonds. The van der Waals surface area contributed by atoms with Gasteiger partial charge in [0.05, 0.1) is 18.4 Å². The Morgan fingerprint density at radius 1 is 1.21 bits per heavy atom. The number of hydrogen-bond donors (Lipinski definition) is 1. The third-order valence-corrected chi connectivity index (χ3v) is 4.84. The second kappa shape index (κ2) is 6.48. The van der Waals surface area contributed by atoms with Crippen molar-refractivity contribution in [1.29, 1.82) is 0 Å².